The predicted molar refractivity (Wildman–Crippen MR) is 67.8 cm³/mol. The van der Waals surface area contributed by atoms with E-state index in [1.807, 2.05) is 19.1 Å². The Morgan fingerprint density at radius 2 is 1.89 bits per heavy atom. The van der Waals surface area contributed by atoms with Crippen LogP contribution in [0.15, 0.2) is 24.3 Å². The van der Waals surface area contributed by atoms with Crippen LogP contribution in [0.1, 0.15) is 18.9 Å². The molecule has 1 aromatic carbocycles. The molecule has 0 saturated carbocycles. The van der Waals surface area contributed by atoms with Crippen LogP contribution in [0, 0.1) is 6.92 Å². The van der Waals surface area contributed by atoms with Gasteiger partial charge >= 0.3 is 12.1 Å². The molecule has 0 aliphatic rings. The molecule has 1 rings (SSSR count). The molecule has 0 aliphatic heterocycles. The highest BCUT2D eigenvalue weighted by molar-refractivity contribution is 5.88. The number of hydrogen-bond donors (Lipinski definition) is 1. The minimum atomic E-state index is -0.948. The molecule has 0 unspecified atom stereocenters. The third-order valence-corrected chi connectivity index (χ3v) is 2.38. The minimum absolute atomic E-state index is 0.0945. The summed E-state index contributed by atoms with van der Waals surface area (Å²) in [5.74, 6) is -0.948. The number of carbonyl (C=O) groups is 2. The number of carboxylic acids is 1. The van der Waals surface area contributed by atoms with Crippen molar-refractivity contribution in [2.75, 3.05) is 18.1 Å². The van der Waals surface area contributed by atoms with Gasteiger partial charge in [0.15, 0.2) is 0 Å². The number of aryl methyl sites for hydroxylation is 1. The lowest BCUT2D eigenvalue weighted by Crippen LogP contribution is -2.33. The van der Waals surface area contributed by atoms with Gasteiger partial charge in [0.1, 0.15) is 0 Å². The van der Waals surface area contributed by atoms with Gasteiger partial charge < -0.3 is 9.84 Å². The fourth-order valence-electron chi connectivity index (χ4n) is 1.46. The summed E-state index contributed by atoms with van der Waals surface area (Å²) in [6.45, 7) is 4.00. The highest BCUT2D eigenvalue weighted by atomic mass is 16.6. The normalized spacial score (nSPS) is 9.89. The number of rotatable bonds is 5. The molecule has 5 nitrogen and oxygen atoms in total. The van der Waals surface area contributed by atoms with Crippen molar-refractivity contribution in [2.24, 2.45) is 0 Å². The summed E-state index contributed by atoms with van der Waals surface area (Å²) in [4.78, 5) is 23.7. The zero-order chi connectivity index (χ0) is 13.5. The van der Waals surface area contributed by atoms with E-state index in [9.17, 15) is 9.59 Å². The van der Waals surface area contributed by atoms with Crippen LogP contribution in [0.5, 0.6) is 0 Å². The largest absolute Gasteiger partial charge is 0.481 e. The fourth-order valence-corrected chi connectivity index (χ4v) is 1.46. The summed E-state index contributed by atoms with van der Waals surface area (Å²) in [5, 5.41) is 8.69. The molecule has 18 heavy (non-hydrogen) atoms. The number of nitrogens with zero attached hydrogens (tertiary/aromatic N) is 1. The molecule has 5 heteroatoms. The van der Waals surface area contributed by atoms with Crippen LogP contribution in [0.4, 0.5) is 10.5 Å². The maximum absolute atomic E-state index is 11.8. The number of aliphatic carboxylic acids is 1. The SMILES string of the molecule is CCOC(=O)N(CCC(=O)O)c1ccc(C)cc1. The maximum Gasteiger partial charge on any atom is 0.414 e. The molecule has 0 aromatic heterocycles. The predicted octanol–water partition coefficient (Wildman–Crippen LogP) is 2.43. The molecule has 1 amide bonds. The highest BCUT2D eigenvalue weighted by Gasteiger charge is 2.17. The standard InChI is InChI=1S/C13H17NO4/c1-3-18-13(17)14(9-8-12(15)16)11-6-4-10(2)5-7-11/h4-7H,3,8-9H2,1-2H3,(H,15,16). The lowest BCUT2D eigenvalue weighted by atomic mass is 10.2. The van der Waals surface area contributed by atoms with Gasteiger partial charge in [-0.1, -0.05) is 17.7 Å². The Morgan fingerprint density at radius 3 is 2.39 bits per heavy atom. The van der Waals surface area contributed by atoms with E-state index in [1.165, 1.54) is 4.90 Å². The molecule has 0 heterocycles. The maximum atomic E-state index is 11.8. The minimum Gasteiger partial charge on any atom is -0.481 e. The number of carboxylic acid groups (broad SMARTS) is 1. The number of amides is 1. The van der Waals surface area contributed by atoms with E-state index < -0.39 is 12.1 Å². The summed E-state index contributed by atoms with van der Waals surface area (Å²) < 4.78 is 4.92. The van der Waals surface area contributed by atoms with Gasteiger partial charge in [-0.15, -0.1) is 0 Å². The number of anilines is 1. The summed E-state index contributed by atoms with van der Waals surface area (Å²) >= 11 is 0. The van der Waals surface area contributed by atoms with Crippen molar-refractivity contribution < 1.29 is 19.4 Å². The number of hydrogen-bond acceptors (Lipinski definition) is 3. The Labute approximate surface area is 106 Å². The van der Waals surface area contributed by atoms with E-state index in [0.29, 0.717) is 5.69 Å². The second-order valence-electron chi connectivity index (χ2n) is 3.83. The van der Waals surface area contributed by atoms with Gasteiger partial charge in [-0.3, -0.25) is 9.69 Å². The highest BCUT2D eigenvalue weighted by Crippen LogP contribution is 2.16. The van der Waals surface area contributed by atoms with Crippen LogP contribution in [0.25, 0.3) is 0 Å². The second-order valence-corrected chi connectivity index (χ2v) is 3.83. The smallest absolute Gasteiger partial charge is 0.414 e. The van der Waals surface area contributed by atoms with Crippen molar-refractivity contribution in [2.45, 2.75) is 20.3 Å². The molecular weight excluding hydrogens is 234 g/mol. The molecule has 0 atom stereocenters. The monoisotopic (exact) mass is 251 g/mol. The molecule has 0 radical (unpaired) electrons. The van der Waals surface area contributed by atoms with Crippen molar-refractivity contribution in [1.82, 2.24) is 0 Å². The van der Waals surface area contributed by atoms with Crippen LogP contribution < -0.4 is 4.90 Å². The second kappa shape index (κ2) is 6.64. The summed E-state index contributed by atoms with van der Waals surface area (Å²) in [6, 6.07) is 7.27. The van der Waals surface area contributed by atoms with Crippen molar-refractivity contribution in [1.29, 1.82) is 0 Å². The molecule has 0 fully saturated rings. The quantitative estimate of drug-likeness (QED) is 0.872. The molecule has 1 aromatic rings. The van der Waals surface area contributed by atoms with Gasteiger partial charge in [0.25, 0.3) is 0 Å². The first-order valence-corrected chi connectivity index (χ1v) is 5.77. The van der Waals surface area contributed by atoms with E-state index in [4.69, 9.17) is 9.84 Å². The first kappa shape index (κ1) is 14.0. The lowest BCUT2D eigenvalue weighted by molar-refractivity contribution is -0.136. The average molecular weight is 251 g/mol. The molecule has 0 bridgehead atoms. The van der Waals surface area contributed by atoms with Gasteiger partial charge in [0, 0.05) is 12.2 Å². The zero-order valence-corrected chi connectivity index (χ0v) is 10.5. The van der Waals surface area contributed by atoms with Crippen molar-refractivity contribution in [3.63, 3.8) is 0 Å². The van der Waals surface area contributed by atoms with E-state index >= 15 is 0 Å². The molecule has 0 saturated heterocycles. The van der Waals surface area contributed by atoms with E-state index in [1.54, 1.807) is 19.1 Å². The van der Waals surface area contributed by atoms with E-state index in [0.717, 1.165) is 5.56 Å². The zero-order valence-electron chi connectivity index (χ0n) is 10.5. The summed E-state index contributed by atoms with van der Waals surface area (Å²) in [5.41, 5.74) is 1.71. The van der Waals surface area contributed by atoms with Gasteiger partial charge in [-0.25, -0.2) is 4.79 Å². The first-order valence-electron chi connectivity index (χ1n) is 5.77. The third-order valence-electron chi connectivity index (χ3n) is 2.38. The van der Waals surface area contributed by atoms with Crippen LogP contribution >= 0.6 is 0 Å². The van der Waals surface area contributed by atoms with Gasteiger partial charge in [0.05, 0.1) is 13.0 Å². The Morgan fingerprint density at radius 1 is 1.28 bits per heavy atom. The van der Waals surface area contributed by atoms with E-state index in [-0.39, 0.29) is 19.6 Å². The van der Waals surface area contributed by atoms with Crippen molar-refractivity contribution >= 4 is 17.7 Å². The van der Waals surface area contributed by atoms with Crippen molar-refractivity contribution in [3.05, 3.63) is 29.8 Å². The van der Waals surface area contributed by atoms with Gasteiger partial charge in [-0.05, 0) is 26.0 Å². The lowest BCUT2D eigenvalue weighted by Gasteiger charge is -2.21. The Bertz CT molecular complexity index is 414. The van der Waals surface area contributed by atoms with Crippen LogP contribution in [0.3, 0.4) is 0 Å². The van der Waals surface area contributed by atoms with E-state index in [2.05, 4.69) is 0 Å². The molecule has 0 spiro atoms. The van der Waals surface area contributed by atoms with Gasteiger partial charge in [0.2, 0.25) is 0 Å². The number of benzene rings is 1. The number of carbonyl (C=O) groups excluding carboxylic acids is 1. The summed E-state index contributed by atoms with van der Waals surface area (Å²) in [6.07, 6.45) is -0.644. The Hall–Kier alpha value is -2.04. The topological polar surface area (TPSA) is 66.8 Å². The van der Waals surface area contributed by atoms with Crippen LogP contribution in [-0.4, -0.2) is 30.3 Å². The Kier molecular flexibility index (Phi) is 5.17. The average Bonchev–Trinajstić information content (AvgIpc) is 2.31. The molecular formula is C13H17NO4. The molecule has 1 N–H and O–H groups in total. The van der Waals surface area contributed by atoms with Gasteiger partial charge in [-0.2, -0.15) is 0 Å². The van der Waals surface area contributed by atoms with Crippen molar-refractivity contribution in [3.8, 4) is 0 Å². The van der Waals surface area contributed by atoms with Crippen LogP contribution in [-0.2, 0) is 9.53 Å². The third kappa shape index (κ3) is 4.08. The number of ether oxygens (including phenoxy) is 1. The Balaban J connectivity index is 2.85. The fraction of sp³-hybridized carbons (Fsp3) is 0.385. The molecule has 98 valence electrons. The first-order chi connectivity index (χ1) is 8.54. The van der Waals surface area contributed by atoms with Crippen LogP contribution in [0.2, 0.25) is 0 Å². The summed E-state index contributed by atoms with van der Waals surface area (Å²) in [7, 11) is 0. The molecule has 0 aliphatic carbocycles.